The molecule has 1 aromatic rings. The van der Waals surface area contributed by atoms with Crippen molar-refractivity contribution in [2.45, 2.75) is 24.8 Å². The van der Waals surface area contributed by atoms with Crippen molar-refractivity contribution >= 4 is 11.9 Å². The van der Waals surface area contributed by atoms with Gasteiger partial charge in [-0.25, -0.2) is 26.7 Å². The molecule has 2 rings (SSSR count). The third-order valence-corrected chi connectivity index (χ3v) is 3.41. The topological polar surface area (TPSA) is 66.4 Å². The molecular formula is C12H8F5NO3. The van der Waals surface area contributed by atoms with Gasteiger partial charge in [0, 0.05) is 0 Å². The van der Waals surface area contributed by atoms with E-state index in [9.17, 15) is 31.5 Å². The molecule has 0 radical (unpaired) electrons. The van der Waals surface area contributed by atoms with Crippen molar-refractivity contribution in [1.82, 2.24) is 5.32 Å². The van der Waals surface area contributed by atoms with Crippen LogP contribution in [-0.2, 0) is 4.79 Å². The summed E-state index contributed by atoms with van der Waals surface area (Å²) >= 11 is 0. The molecule has 2 N–H and O–H groups in total. The first kappa shape index (κ1) is 15.2. The lowest BCUT2D eigenvalue weighted by Gasteiger charge is -2.38. The standard InChI is InChI=1S/C12H8F5NO3/c13-5-4(6(14)8(16)9(17)7(5)15)10(19)18-12(11(20)21)2-1-3-12/h1-3H2,(H,18,19)(H,20,21). The fraction of sp³-hybridized carbons (Fsp3) is 0.333. The van der Waals surface area contributed by atoms with E-state index in [4.69, 9.17) is 5.11 Å². The second-order valence-corrected chi connectivity index (χ2v) is 4.64. The molecule has 0 spiro atoms. The van der Waals surface area contributed by atoms with Gasteiger partial charge in [0.2, 0.25) is 5.82 Å². The van der Waals surface area contributed by atoms with Crippen LogP contribution in [0.3, 0.4) is 0 Å². The SMILES string of the molecule is O=C(NC1(C(=O)O)CCC1)c1c(F)c(F)c(F)c(F)c1F. The molecule has 0 aliphatic heterocycles. The molecule has 1 aliphatic rings. The average Bonchev–Trinajstić information content (AvgIpc) is 2.38. The molecule has 21 heavy (non-hydrogen) atoms. The number of aliphatic carboxylic acids is 1. The van der Waals surface area contributed by atoms with Gasteiger partial charge in [-0.2, -0.15) is 0 Å². The lowest BCUT2D eigenvalue weighted by Crippen LogP contribution is -2.59. The van der Waals surface area contributed by atoms with Crippen molar-refractivity contribution in [3.8, 4) is 0 Å². The van der Waals surface area contributed by atoms with Crippen molar-refractivity contribution in [2.24, 2.45) is 0 Å². The maximum Gasteiger partial charge on any atom is 0.329 e. The van der Waals surface area contributed by atoms with Crippen LogP contribution in [-0.4, -0.2) is 22.5 Å². The van der Waals surface area contributed by atoms with Gasteiger partial charge < -0.3 is 10.4 Å². The van der Waals surface area contributed by atoms with E-state index in [1.807, 2.05) is 5.32 Å². The second-order valence-electron chi connectivity index (χ2n) is 4.64. The van der Waals surface area contributed by atoms with Crippen molar-refractivity contribution in [3.63, 3.8) is 0 Å². The lowest BCUT2D eigenvalue weighted by molar-refractivity contribution is -0.148. The number of hydrogen-bond donors (Lipinski definition) is 2. The first-order valence-corrected chi connectivity index (χ1v) is 5.78. The van der Waals surface area contributed by atoms with E-state index in [1.165, 1.54) is 0 Å². The van der Waals surface area contributed by atoms with Crippen molar-refractivity contribution in [2.75, 3.05) is 0 Å². The summed E-state index contributed by atoms with van der Waals surface area (Å²) in [6.07, 6.45) is 0.455. The van der Waals surface area contributed by atoms with E-state index in [2.05, 4.69) is 0 Å². The summed E-state index contributed by atoms with van der Waals surface area (Å²) in [4.78, 5) is 22.7. The number of benzene rings is 1. The Morgan fingerprint density at radius 1 is 0.905 bits per heavy atom. The number of rotatable bonds is 3. The van der Waals surface area contributed by atoms with Crippen LogP contribution in [0.25, 0.3) is 0 Å². The third-order valence-electron chi connectivity index (χ3n) is 3.41. The van der Waals surface area contributed by atoms with E-state index in [-0.39, 0.29) is 12.8 Å². The predicted octanol–water partition coefficient (Wildman–Crippen LogP) is 2.12. The number of carboxylic acids is 1. The Kier molecular flexibility index (Phi) is 3.60. The van der Waals surface area contributed by atoms with Crippen LogP contribution in [0.15, 0.2) is 0 Å². The Morgan fingerprint density at radius 3 is 1.67 bits per heavy atom. The van der Waals surface area contributed by atoms with Crippen LogP contribution in [0, 0.1) is 29.1 Å². The highest BCUT2D eigenvalue weighted by Gasteiger charge is 2.46. The highest BCUT2D eigenvalue weighted by atomic mass is 19.2. The average molecular weight is 309 g/mol. The van der Waals surface area contributed by atoms with Gasteiger partial charge in [-0.1, -0.05) is 0 Å². The number of nitrogens with one attached hydrogen (secondary N) is 1. The largest absolute Gasteiger partial charge is 0.480 e. The van der Waals surface area contributed by atoms with Crippen LogP contribution in [0.1, 0.15) is 29.6 Å². The van der Waals surface area contributed by atoms with Crippen LogP contribution in [0.5, 0.6) is 0 Å². The van der Waals surface area contributed by atoms with E-state index in [0.717, 1.165) is 0 Å². The fourth-order valence-corrected chi connectivity index (χ4v) is 2.01. The zero-order valence-corrected chi connectivity index (χ0v) is 10.3. The van der Waals surface area contributed by atoms with E-state index >= 15 is 0 Å². The Hall–Kier alpha value is -2.19. The molecule has 114 valence electrons. The van der Waals surface area contributed by atoms with Gasteiger partial charge in [0.05, 0.1) is 0 Å². The van der Waals surface area contributed by atoms with E-state index in [0.29, 0.717) is 6.42 Å². The normalized spacial score (nSPS) is 16.2. The van der Waals surface area contributed by atoms with Crippen molar-refractivity contribution in [1.29, 1.82) is 0 Å². The molecule has 0 heterocycles. The highest BCUT2D eigenvalue weighted by molar-refractivity contribution is 5.98. The Labute approximate surface area is 114 Å². The first-order chi connectivity index (χ1) is 9.71. The molecule has 1 aliphatic carbocycles. The summed E-state index contributed by atoms with van der Waals surface area (Å²) in [5.41, 5.74) is -3.43. The minimum atomic E-state index is -2.39. The Bertz CT molecular complexity index is 613. The molecule has 4 nitrogen and oxygen atoms in total. The maximum absolute atomic E-state index is 13.4. The summed E-state index contributed by atoms with van der Waals surface area (Å²) in [5.74, 6) is -14.6. The zero-order valence-electron chi connectivity index (χ0n) is 10.3. The molecular weight excluding hydrogens is 301 g/mol. The number of carboxylic acid groups (broad SMARTS) is 1. The number of halogens is 5. The van der Waals surface area contributed by atoms with Crippen molar-refractivity contribution < 1.29 is 36.6 Å². The molecule has 1 saturated carbocycles. The van der Waals surface area contributed by atoms with Gasteiger partial charge >= 0.3 is 5.97 Å². The van der Waals surface area contributed by atoms with E-state index < -0.39 is 52.1 Å². The Balaban J connectivity index is 2.43. The zero-order chi connectivity index (χ0) is 15.9. The number of hydrogen-bond acceptors (Lipinski definition) is 2. The molecule has 1 fully saturated rings. The van der Waals surface area contributed by atoms with Crippen LogP contribution in [0.4, 0.5) is 22.0 Å². The fourth-order valence-electron chi connectivity index (χ4n) is 2.01. The molecule has 0 bridgehead atoms. The van der Waals surface area contributed by atoms with Crippen molar-refractivity contribution in [3.05, 3.63) is 34.6 Å². The first-order valence-electron chi connectivity index (χ1n) is 5.78. The van der Waals surface area contributed by atoms with Crippen LogP contribution < -0.4 is 5.32 Å². The summed E-state index contributed by atoms with van der Waals surface area (Å²) in [5, 5.41) is 10.8. The smallest absolute Gasteiger partial charge is 0.329 e. The van der Waals surface area contributed by atoms with Gasteiger partial charge in [-0.3, -0.25) is 4.79 Å². The Morgan fingerprint density at radius 2 is 1.33 bits per heavy atom. The van der Waals surface area contributed by atoms with Gasteiger partial charge in [0.1, 0.15) is 11.1 Å². The highest BCUT2D eigenvalue weighted by Crippen LogP contribution is 2.33. The predicted molar refractivity (Wildman–Crippen MR) is 57.9 cm³/mol. The van der Waals surface area contributed by atoms with Crippen LogP contribution >= 0.6 is 0 Å². The molecule has 9 heteroatoms. The monoisotopic (exact) mass is 309 g/mol. The maximum atomic E-state index is 13.4. The molecule has 1 aromatic carbocycles. The van der Waals surface area contributed by atoms with E-state index in [1.54, 1.807) is 0 Å². The minimum absolute atomic E-state index is 0.00344. The quantitative estimate of drug-likeness (QED) is 0.510. The van der Waals surface area contributed by atoms with Gasteiger partial charge in [-0.05, 0) is 19.3 Å². The molecule has 0 saturated heterocycles. The molecule has 0 unspecified atom stereocenters. The van der Waals surface area contributed by atoms with Gasteiger partial charge in [-0.15, -0.1) is 0 Å². The minimum Gasteiger partial charge on any atom is -0.480 e. The summed E-state index contributed by atoms with van der Waals surface area (Å²) in [6, 6.07) is 0. The number of carbonyl (C=O) groups excluding carboxylic acids is 1. The van der Waals surface area contributed by atoms with Crippen LogP contribution in [0.2, 0.25) is 0 Å². The lowest BCUT2D eigenvalue weighted by atomic mass is 9.76. The van der Waals surface area contributed by atoms with Gasteiger partial charge in [0.25, 0.3) is 5.91 Å². The summed E-state index contributed by atoms with van der Waals surface area (Å²) in [7, 11) is 0. The summed E-state index contributed by atoms with van der Waals surface area (Å²) in [6.45, 7) is 0. The third kappa shape index (κ3) is 2.22. The molecule has 1 amide bonds. The van der Waals surface area contributed by atoms with Gasteiger partial charge in [0.15, 0.2) is 23.3 Å². The number of carbonyl (C=O) groups is 2. The summed E-state index contributed by atoms with van der Waals surface area (Å²) < 4.78 is 65.7. The molecule has 0 atom stereocenters. The second kappa shape index (κ2) is 4.97. The molecule has 0 aromatic heterocycles. The number of amides is 1.